The maximum Gasteiger partial charge on any atom is 0.303 e. The van der Waals surface area contributed by atoms with Crippen molar-refractivity contribution in [2.45, 2.75) is 152 Å². The molecule has 0 aromatic heterocycles. The van der Waals surface area contributed by atoms with Crippen molar-refractivity contribution in [3.8, 4) is 0 Å². The summed E-state index contributed by atoms with van der Waals surface area (Å²) in [6.45, 7) is 1.64. The van der Waals surface area contributed by atoms with Gasteiger partial charge in [-0.1, -0.05) is 50.7 Å². The number of carbonyl (C=O) groups excluding carboxylic acids is 2. The highest BCUT2D eigenvalue weighted by Crippen LogP contribution is 2.29. The average Bonchev–Trinajstić information content (AvgIpc) is 3.07. The molecule has 6 N–H and O–H groups in total. The van der Waals surface area contributed by atoms with Crippen LogP contribution in [0.4, 0.5) is 0 Å². The van der Waals surface area contributed by atoms with Crippen molar-refractivity contribution in [2.75, 3.05) is 33.0 Å². The molecule has 0 aromatic carbocycles. The minimum absolute atomic E-state index is 0.191. The lowest BCUT2D eigenvalue weighted by molar-refractivity contribution is -0.295. The molecule has 2 saturated heterocycles. The van der Waals surface area contributed by atoms with Crippen LogP contribution < -0.4 is 0 Å². The smallest absolute Gasteiger partial charge is 0.303 e. The van der Waals surface area contributed by atoms with Crippen LogP contribution >= 0.6 is 0 Å². The van der Waals surface area contributed by atoms with Crippen molar-refractivity contribution < 1.29 is 73.4 Å². The standard InChI is InChI=1S/C35H60O15/c1-23(36)47-21-27-33(43)34(44)32(42)26(49-27)20-45-19-25-30(40)31(41)28(22-48-24(2)37)50-35(25)46-18-16-14-12-10-8-6-4-3-5-7-9-11-13-15-17-29(38)39/h3-4,25-28,30-35,40-44H,5-22H2,1-2H3,(H,38,39)/b4-3+/t25-,26+,27-,28-,30-,31-,32+,33-,34-,35-/m1/s1. The molecule has 0 aliphatic carbocycles. The number of aliphatic hydroxyl groups excluding tert-OH is 5. The third-order valence-electron chi connectivity index (χ3n) is 8.86. The van der Waals surface area contributed by atoms with Gasteiger partial charge in [-0.2, -0.15) is 0 Å². The fourth-order valence-corrected chi connectivity index (χ4v) is 5.89. The van der Waals surface area contributed by atoms with Gasteiger partial charge in [0.05, 0.1) is 25.2 Å². The van der Waals surface area contributed by atoms with Crippen molar-refractivity contribution in [3.05, 3.63) is 12.2 Å². The van der Waals surface area contributed by atoms with E-state index < -0.39 is 78.9 Å². The summed E-state index contributed by atoms with van der Waals surface area (Å²) in [5.41, 5.74) is 0. The summed E-state index contributed by atoms with van der Waals surface area (Å²) in [5, 5.41) is 61.2. The SMILES string of the molecule is CC(=O)OC[C@H]1O[C@@H](COC[C@H]2[C@H](OCCCCCCC/C=C/CCCCCCCC(=O)O)O[C@H](COC(C)=O)[C@@H](O)[C@@H]2O)[C@H](O)[C@@H](O)[C@@H]1O. The van der Waals surface area contributed by atoms with Crippen molar-refractivity contribution in [1.29, 1.82) is 0 Å². The molecule has 0 radical (unpaired) electrons. The Morgan fingerprint density at radius 3 is 1.62 bits per heavy atom. The molecule has 290 valence electrons. The Bertz CT molecular complexity index is 993. The predicted octanol–water partition coefficient (Wildman–Crippen LogP) is 1.77. The second-order valence-electron chi connectivity index (χ2n) is 13.1. The molecular weight excluding hydrogens is 660 g/mol. The lowest BCUT2D eigenvalue weighted by atomic mass is 9.91. The van der Waals surface area contributed by atoms with Crippen LogP contribution in [0.5, 0.6) is 0 Å². The van der Waals surface area contributed by atoms with Crippen LogP contribution in [0.3, 0.4) is 0 Å². The molecule has 2 fully saturated rings. The molecule has 2 rings (SSSR count). The summed E-state index contributed by atoms with van der Waals surface area (Å²) in [5.74, 6) is -2.77. The van der Waals surface area contributed by atoms with Crippen molar-refractivity contribution in [3.63, 3.8) is 0 Å². The maximum absolute atomic E-state index is 11.4. The average molecular weight is 721 g/mol. The van der Waals surface area contributed by atoms with E-state index >= 15 is 0 Å². The summed E-state index contributed by atoms with van der Waals surface area (Å²) < 4.78 is 33.2. The first-order valence-corrected chi connectivity index (χ1v) is 18.0. The van der Waals surface area contributed by atoms with Gasteiger partial charge in [-0.25, -0.2) is 0 Å². The second-order valence-corrected chi connectivity index (χ2v) is 13.1. The molecule has 0 unspecified atom stereocenters. The number of carbonyl (C=O) groups is 3. The molecule has 2 aliphatic heterocycles. The highest BCUT2D eigenvalue weighted by atomic mass is 16.7. The number of hydrogen-bond acceptors (Lipinski definition) is 14. The predicted molar refractivity (Wildman–Crippen MR) is 178 cm³/mol. The van der Waals surface area contributed by atoms with Gasteiger partial charge < -0.3 is 59.1 Å². The molecule has 2 aliphatic rings. The minimum Gasteiger partial charge on any atom is -0.481 e. The molecule has 2 heterocycles. The Morgan fingerprint density at radius 2 is 1.06 bits per heavy atom. The van der Waals surface area contributed by atoms with Crippen LogP contribution in [0.15, 0.2) is 12.2 Å². The van der Waals surface area contributed by atoms with Crippen LogP contribution in [0.25, 0.3) is 0 Å². The summed E-state index contributed by atoms with van der Waals surface area (Å²) in [6, 6.07) is 0. The number of ether oxygens (including phenoxy) is 6. The molecule has 15 nitrogen and oxygen atoms in total. The Labute approximate surface area is 294 Å². The zero-order chi connectivity index (χ0) is 36.9. The quantitative estimate of drug-likeness (QED) is 0.0449. The number of carboxylic acids is 1. The van der Waals surface area contributed by atoms with Gasteiger partial charge in [0.2, 0.25) is 0 Å². The van der Waals surface area contributed by atoms with Crippen LogP contribution in [0.2, 0.25) is 0 Å². The van der Waals surface area contributed by atoms with E-state index in [1.54, 1.807) is 0 Å². The van der Waals surface area contributed by atoms with Gasteiger partial charge >= 0.3 is 17.9 Å². The summed E-state index contributed by atoms with van der Waals surface area (Å²) in [6.07, 6.45) is 5.00. The molecule has 0 aromatic rings. The first-order valence-electron chi connectivity index (χ1n) is 18.0. The molecule has 0 spiro atoms. The van der Waals surface area contributed by atoms with Gasteiger partial charge in [0, 0.05) is 26.9 Å². The maximum atomic E-state index is 11.4. The highest BCUT2D eigenvalue weighted by molar-refractivity contribution is 5.66. The molecular formula is C35H60O15. The van der Waals surface area contributed by atoms with Crippen molar-refractivity contribution in [1.82, 2.24) is 0 Å². The summed E-state index contributed by atoms with van der Waals surface area (Å²) in [7, 11) is 0. The van der Waals surface area contributed by atoms with E-state index in [-0.39, 0.29) is 32.8 Å². The van der Waals surface area contributed by atoms with E-state index in [2.05, 4.69) is 12.2 Å². The molecule has 0 amide bonds. The van der Waals surface area contributed by atoms with Gasteiger partial charge in [0.15, 0.2) is 6.29 Å². The Balaban J connectivity index is 1.75. The number of rotatable bonds is 25. The zero-order valence-electron chi connectivity index (χ0n) is 29.5. The normalized spacial score (nSPS) is 30.0. The van der Waals surface area contributed by atoms with E-state index in [4.69, 9.17) is 33.5 Å². The summed E-state index contributed by atoms with van der Waals surface area (Å²) in [4.78, 5) is 33.1. The van der Waals surface area contributed by atoms with Crippen molar-refractivity contribution in [2.24, 2.45) is 5.92 Å². The zero-order valence-corrected chi connectivity index (χ0v) is 29.5. The van der Waals surface area contributed by atoms with Crippen LogP contribution in [0.1, 0.15) is 97.3 Å². The van der Waals surface area contributed by atoms with Gasteiger partial charge in [-0.15, -0.1) is 0 Å². The van der Waals surface area contributed by atoms with Crippen LogP contribution in [0, 0.1) is 5.92 Å². The third kappa shape index (κ3) is 16.9. The first-order chi connectivity index (χ1) is 23.9. The molecule has 50 heavy (non-hydrogen) atoms. The lowest BCUT2D eigenvalue weighted by Crippen LogP contribution is -2.60. The highest BCUT2D eigenvalue weighted by Gasteiger charge is 2.47. The van der Waals surface area contributed by atoms with E-state index in [9.17, 15) is 39.9 Å². The summed E-state index contributed by atoms with van der Waals surface area (Å²) >= 11 is 0. The first kappa shape index (κ1) is 44.0. The van der Waals surface area contributed by atoms with Gasteiger partial charge in [-0.05, 0) is 38.5 Å². The fraction of sp³-hybridized carbons (Fsp3) is 0.857. The minimum atomic E-state index is -1.58. The monoisotopic (exact) mass is 720 g/mol. The van der Waals surface area contributed by atoms with Crippen molar-refractivity contribution >= 4 is 17.9 Å². The van der Waals surface area contributed by atoms with E-state index in [1.807, 2.05) is 0 Å². The van der Waals surface area contributed by atoms with E-state index in [1.165, 1.54) is 13.8 Å². The number of unbranched alkanes of at least 4 members (excludes halogenated alkanes) is 10. The second kappa shape index (κ2) is 24.9. The number of aliphatic carboxylic acids is 1. The Hall–Kier alpha value is -2.21. The molecule has 15 heteroatoms. The number of carboxylic acid groups (broad SMARTS) is 1. The molecule has 0 bridgehead atoms. The van der Waals surface area contributed by atoms with E-state index in [0.717, 1.165) is 77.0 Å². The Morgan fingerprint density at radius 1 is 0.580 bits per heavy atom. The number of aliphatic hydroxyl groups is 5. The lowest BCUT2D eigenvalue weighted by Gasteiger charge is -2.43. The number of esters is 2. The van der Waals surface area contributed by atoms with Crippen LogP contribution in [-0.4, -0.2) is 137 Å². The fourth-order valence-electron chi connectivity index (χ4n) is 5.89. The number of hydrogen-bond donors (Lipinski definition) is 6. The van der Waals surface area contributed by atoms with Gasteiger partial charge in [0.25, 0.3) is 0 Å². The van der Waals surface area contributed by atoms with Crippen LogP contribution in [-0.2, 0) is 42.8 Å². The van der Waals surface area contributed by atoms with E-state index in [0.29, 0.717) is 6.61 Å². The third-order valence-corrected chi connectivity index (χ3v) is 8.86. The largest absolute Gasteiger partial charge is 0.481 e. The number of allylic oxidation sites excluding steroid dienone is 2. The molecule has 10 atom stereocenters. The topological polar surface area (TPSA) is 228 Å². The van der Waals surface area contributed by atoms with Gasteiger partial charge in [0.1, 0.15) is 55.9 Å². The molecule has 0 saturated carbocycles. The van der Waals surface area contributed by atoms with Gasteiger partial charge in [-0.3, -0.25) is 14.4 Å². The Kier molecular flexibility index (Phi) is 21.9.